The van der Waals surface area contributed by atoms with Gasteiger partial charge in [-0.2, -0.15) is 4.98 Å². The molecule has 164 valence electrons. The standard InChI is InChI=1S/C23H29IN6O/c1-5-19(26-21-18(24)14-25-23(28-21)29(3)4)17-13-16-8-6-7-15(2)20(16)27-22(17)30-9-11-31-12-10-30/h6-8,13-14,19H,5,9-12H2,1-4H3,(H,25,26,28). The summed E-state index contributed by atoms with van der Waals surface area (Å²) in [4.78, 5) is 18.6. The van der Waals surface area contributed by atoms with Gasteiger partial charge in [0.05, 0.1) is 28.3 Å². The monoisotopic (exact) mass is 532 g/mol. The molecule has 1 unspecified atom stereocenters. The Hall–Kier alpha value is -2.20. The van der Waals surface area contributed by atoms with Gasteiger partial charge in [0.25, 0.3) is 0 Å². The SMILES string of the molecule is CCC(Nc1nc(N(C)C)ncc1I)c1cc2cccc(C)c2nc1N1CCOCC1. The highest BCUT2D eigenvalue weighted by atomic mass is 127. The normalized spacial score (nSPS) is 15.2. The highest BCUT2D eigenvalue weighted by Gasteiger charge is 2.23. The average Bonchev–Trinajstić information content (AvgIpc) is 2.78. The third-order valence-electron chi connectivity index (χ3n) is 5.59. The molecule has 1 aliphatic rings. The van der Waals surface area contributed by atoms with E-state index in [9.17, 15) is 0 Å². The van der Waals surface area contributed by atoms with Crippen LogP contribution in [0, 0.1) is 10.5 Å². The molecule has 0 saturated carbocycles. The van der Waals surface area contributed by atoms with Gasteiger partial charge in [-0.05, 0) is 47.6 Å². The summed E-state index contributed by atoms with van der Waals surface area (Å²) in [5.74, 6) is 2.59. The lowest BCUT2D eigenvalue weighted by atomic mass is 10.0. The number of morpholine rings is 1. The van der Waals surface area contributed by atoms with Crippen molar-refractivity contribution in [1.82, 2.24) is 15.0 Å². The van der Waals surface area contributed by atoms with Gasteiger partial charge in [0, 0.05) is 44.3 Å². The van der Waals surface area contributed by atoms with Crippen molar-refractivity contribution < 1.29 is 4.74 Å². The summed E-state index contributed by atoms with van der Waals surface area (Å²) in [6, 6.07) is 8.74. The summed E-state index contributed by atoms with van der Waals surface area (Å²) in [5, 5.41) is 4.85. The van der Waals surface area contributed by atoms with Gasteiger partial charge >= 0.3 is 0 Å². The third-order valence-corrected chi connectivity index (χ3v) is 6.38. The van der Waals surface area contributed by atoms with E-state index >= 15 is 0 Å². The average molecular weight is 532 g/mol. The summed E-state index contributed by atoms with van der Waals surface area (Å²) in [6.45, 7) is 7.48. The second-order valence-electron chi connectivity index (χ2n) is 8.01. The highest BCUT2D eigenvalue weighted by molar-refractivity contribution is 14.1. The van der Waals surface area contributed by atoms with Crippen LogP contribution in [-0.2, 0) is 4.74 Å². The van der Waals surface area contributed by atoms with Crippen LogP contribution in [0.2, 0.25) is 0 Å². The van der Waals surface area contributed by atoms with E-state index in [4.69, 9.17) is 14.7 Å². The minimum absolute atomic E-state index is 0.0775. The zero-order chi connectivity index (χ0) is 22.0. The molecule has 0 aliphatic carbocycles. The molecule has 31 heavy (non-hydrogen) atoms. The van der Waals surface area contributed by atoms with Crippen LogP contribution in [0.15, 0.2) is 30.5 Å². The van der Waals surface area contributed by atoms with Gasteiger partial charge in [0.2, 0.25) is 5.95 Å². The van der Waals surface area contributed by atoms with E-state index in [1.807, 2.05) is 25.2 Å². The van der Waals surface area contributed by atoms with Crippen LogP contribution >= 0.6 is 22.6 Å². The number of benzene rings is 1. The van der Waals surface area contributed by atoms with Crippen LogP contribution < -0.4 is 15.1 Å². The minimum atomic E-state index is 0.0775. The van der Waals surface area contributed by atoms with Crippen molar-refractivity contribution in [1.29, 1.82) is 0 Å². The Kier molecular flexibility index (Phi) is 6.76. The number of aryl methyl sites for hydroxylation is 1. The van der Waals surface area contributed by atoms with E-state index in [2.05, 4.69) is 75.9 Å². The van der Waals surface area contributed by atoms with E-state index in [1.54, 1.807) is 0 Å². The minimum Gasteiger partial charge on any atom is -0.378 e. The second kappa shape index (κ2) is 9.52. The number of nitrogens with zero attached hydrogens (tertiary/aromatic N) is 5. The molecule has 1 N–H and O–H groups in total. The first-order valence-corrected chi connectivity index (χ1v) is 11.7. The number of aromatic nitrogens is 3. The lowest BCUT2D eigenvalue weighted by molar-refractivity contribution is 0.122. The van der Waals surface area contributed by atoms with Crippen LogP contribution in [0.25, 0.3) is 10.9 Å². The fourth-order valence-corrected chi connectivity index (χ4v) is 4.29. The van der Waals surface area contributed by atoms with Crippen LogP contribution in [0.4, 0.5) is 17.6 Å². The summed E-state index contributed by atoms with van der Waals surface area (Å²) >= 11 is 2.29. The molecule has 1 atom stereocenters. The molecule has 8 heteroatoms. The fraction of sp³-hybridized carbons (Fsp3) is 0.435. The number of fused-ring (bicyclic) bond motifs is 1. The molecule has 7 nitrogen and oxygen atoms in total. The lowest BCUT2D eigenvalue weighted by Gasteiger charge is -2.32. The summed E-state index contributed by atoms with van der Waals surface area (Å²) in [5.41, 5.74) is 3.46. The molecule has 0 spiro atoms. The summed E-state index contributed by atoms with van der Waals surface area (Å²) in [6.07, 6.45) is 2.77. The van der Waals surface area contributed by atoms with Crippen LogP contribution in [0.5, 0.6) is 0 Å². The molecule has 3 aromatic rings. The van der Waals surface area contributed by atoms with E-state index in [0.29, 0.717) is 5.95 Å². The zero-order valence-electron chi connectivity index (χ0n) is 18.5. The number of ether oxygens (including phenoxy) is 1. The maximum Gasteiger partial charge on any atom is 0.226 e. The third kappa shape index (κ3) is 4.69. The van der Waals surface area contributed by atoms with Crippen molar-refractivity contribution in [2.24, 2.45) is 0 Å². The predicted molar refractivity (Wildman–Crippen MR) is 135 cm³/mol. The molecule has 0 bridgehead atoms. The molecule has 1 saturated heterocycles. The van der Waals surface area contributed by atoms with Gasteiger partial charge in [-0.15, -0.1) is 0 Å². The number of pyridine rings is 1. The molecule has 1 fully saturated rings. The van der Waals surface area contributed by atoms with Gasteiger partial charge < -0.3 is 19.9 Å². The van der Waals surface area contributed by atoms with Crippen molar-refractivity contribution in [3.63, 3.8) is 0 Å². The number of halogens is 1. The molecule has 0 amide bonds. The number of anilines is 3. The van der Waals surface area contributed by atoms with Crippen LogP contribution in [0.3, 0.4) is 0 Å². The summed E-state index contributed by atoms with van der Waals surface area (Å²) in [7, 11) is 3.91. The van der Waals surface area contributed by atoms with Gasteiger partial charge in [0.15, 0.2) is 0 Å². The van der Waals surface area contributed by atoms with Crippen molar-refractivity contribution in [2.75, 3.05) is 55.5 Å². The number of hydrogen-bond acceptors (Lipinski definition) is 7. The Morgan fingerprint density at radius 1 is 1.23 bits per heavy atom. The number of hydrogen-bond donors (Lipinski definition) is 1. The Bertz CT molecular complexity index is 1070. The first-order valence-electron chi connectivity index (χ1n) is 10.7. The van der Waals surface area contributed by atoms with Crippen LogP contribution in [0.1, 0.15) is 30.5 Å². The number of nitrogens with one attached hydrogen (secondary N) is 1. The Morgan fingerprint density at radius 2 is 2.00 bits per heavy atom. The maximum atomic E-state index is 5.60. The smallest absolute Gasteiger partial charge is 0.226 e. The van der Waals surface area contributed by atoms with Crippen molar-refractivity contribution in [2.45, 2.75) is 26.3 Å². The maximum absolute atomic E-state index is 5.60. The van der Waals surface area contributed by atoms with Crippen molar-refractivity contribution in [3.8, 4) is 0 Å². The molecular formula is C23H29IN6O. The first-order chi connectivity index (χ1) is 15.0. The van der Waals surface area contributed by atoms with E-state index in [1.165, 1.54) is 16.5 Å². The van der Waals surface area contributed by atoms with Crippen LogP contribution in [-0.4, -0.2) is 55.4 Å². The predicted octanol–water partition coefficient (Wildman–Crippen LogP) is 4.40. The van der Waals surface area contributed by atoms with Crippen molar-refractivity contribution >= 4 is 51.1 Å². The Labute approximate surface area is 197 Å². The van der Waals surface area contributed by atoms with Gasteiger partial charge in [0.1, 0.15) is 11.6 Å². The second-order valence-corrected chi connectivity index (χ2v) is 9.18. The molecule has 1 aromatic carbocycles. The molecule has 1 aliphatic heterocycles. The van der Waals surface area contributed by atoms with E-state index in [0.717, 1.165) is 53.4 Å². The number of rotatable bonds is 6. The van der Waals surface area contributed by atoms with E-state index < -0.39 is 0 Å². The highest BCUT2D eigenvalue weighted by Crippen LogP contribution is 2.34. The number of para-hydroxylation sites is 1. The summed E-state index contributed by atoms with van der Waals surface area (Å²) < 4.78 is 6.60. The largest absolute Gasteiger partial charge is 0.378 e. The molecular weight excluding hydrogens is 503 g/mol. The first kappa shape index (κ1) is 22.0. The van der Waals surface area contributed by atoms with Gasteiger partial charge in [-0.1, -0.05) is 25.1 Å². The Morgan fingerprint density at radius 3 is 2.71 bits per heavy atom. The molecule has 2 aromatic heterocycles. The molecule has 0 radical (unpaired) electrons. The van der Waals surface area contributed by atoms with Gasteiger partial charge in [-0.25, -0.2) is 9.97 Å². The van der Waals surface area contributed by atoms with Crippen molar-refractivity contribution in [3.05, 3.63) is 45.2 Å². The molecule has 3 heterocycles. The lowest BCUT2D eigenvalue weighted by Crippen LogP contribution is -2.38. The quantitative estimate of drug-likeness (QED) is 0.472. The molecule has 4 rings (SSSR count). The zero-order valence-corrected chi connectivity index (χ0v) is 20.7. The topological polar surface area (TPSA) is 66.4 Å². The Balaban J connectivity index is 1.79. The van der Waals surface area contributed by atoms with E-state index in [-0.39, 0.29) is 6.04 Å². The fourth-order valence-electron chi connectivity index (χ4n) is 3.88. The van der Waals surface area contributed by atoms with Gasteiger partial charge in [-0.3, -0.25) is 0 Å².